The molecule has 9 heteroatoms. The normalized spacial score (nSPS) is 10.4. The Morgan fingerprint density at radius 3 is 2.03 bits per heavy atom. The maximum absolute atomic E-state index is 12.8. The van der Waals surface area contributed by atoms with Gasteiger partial charge >= 0.3 is 0 Å². The molecule has 0 aliphatic rings. The Morgan fingerprint density at radius 1 is 0.946 bits per heavy atom. The summed E-state index contributed by atoms with van der Waals surface area (Å²) in [6.45, 7) is 0. The van der Waals surface area contributed by atoms with Gasteiger partial charge in [0.15, 0.2) is 5.78 Å². The Labute approximate surface area is 217 Å². The van der Waals surface area contributed by atoms with E-state index in [9.17, 15) is 20.2 Å². The first-order valence-electron chi connectivity index (χ1n) is 11.1. The molecule has 3 aromatic carbocycles. The average Bonchev–Trinajstić information content (AvgIpc) is 2.95. The van der Waals surface area contributed by atoms with E-state index in [0.717, 1.165) is 22.9 Å². The van der Waals surface area contributed by atoms with E-state index < -0.39 is 4.92 Å². The van der Waals surface area contributed by atoms with E-state index in [0.29, 0.717) is 38.9 Å². The molecule has 4 rings (SSSR count). The first-order chi connectivity index (χ1) is 17.9. The number of carbonyl (C=O) groups excluding carboxylic acids is 1. The van der Waals surface area contributed by atoms with E-state index in [1.54, 1.807) is 14.2 Å². The predicted octanol–water partition coefficient (Wildman–Crippen LogP) is 6.19. The van der Waals surface area contributed by atoms with Gasteiger partial charge in [0.1, 0.15) is 22.6 Å². The number of hydrogen-bond acceptors (Lipinski definition) is 8. The number of benzene rings is 3. The number of nitriles is 1. The van der Waals surface area contributed by atoms with Gasteiger partial charge in [-0.15, -0.1) is 0 Å². The quantitative estimate of drug-likeness (QED) is 0.113. The van der Waals surface area contributed by atoms with E-state index in [2.05, 4.69) is 6.07 Å². The van der Waals surface area contributed by atoms with Crippen LogP contribution in [-0.4, -0.2) is 35.7 Å². The lowest BCUT2D eigenvalue weighted by Gasteiger charge is -2.13. The summed E-state index contributed by atoms with van der Waals surface area (Å²) >= 11 is 1.15. The summed E-state index contributed by atoms with van der Waals surface area (Å²) in [6, 6.07) is 24.3. The number of nitro benzene ring substituents is 1. The Hall–Kier alpha value is -4.68. The summed E-state index contributed by atoms with van der Waals surface area (Å²) in [5.74, 6) is 1.17. The first kappa shape index (κ1) is 25.4. The second-order valence-electron chi connectivity index (χ2n) is 7.82. The minimum atomic E-state index is -0.516. The number of pyridine rings is 1. The van der Waals surface area contributed by atoms with Crippen LogP contribution in [0.15, 0.2) is 83.9 Å². The fourth-order valence-electron chi connectivity index (χ4n) is 3.63. The number of carbonyl (C=O) groups is 1. The lowest BCUT2D eigenvalue weighted by atomic mass is 9.99. The average molecular weight is 512 g/mol. The number of rotatable bonds is 9. The Kier molecular flexibility index (Phi) is 7.81. The number of ketones is 1. The molecule has 0 amide bonds. The number of non-ortho nitro benzene ring substituents is 1. The zero-order chi connectivity index (χ0) is 26.4. The van der Waals surface area contributed by atoms with Crippen molar-refractivity contribution in [1.29, 1.82) is 5.26 Å². The van der Waals surface area contributed by atoms with Crippen molar-refractivity contribution in [2.75, 3.05) is 20.0 Å². The van der Waals surface area contributed by atoms with Crippen molar-refractivity contribution in [3.8, 4) is 40.0 Å². The Bertz CT molecular complexity index is 1480. The number of Topliss-reactive ketones (excluding diaryl/α,β-unsaturated/α-hetero) is 1. The number of nitro groups is 1. The minimum absolute atomic E-state index is 0.00755. The first-order valence-corrected chi connectivity index (χ1v) is 12.1. The van der Waals surface area contributed by atoms with Crippen LogP contribution in [0.25, 0.3) is 22.4 Å². The van der Waals surface area contributed by atoms with Crippen molar-refractivity contribution in [3.63, 3.8) is 0 Å². The largest absolute Gasteiger partial charge is 0.497 e. The lowest BCUT2D eigenvalue weighted by Crippen LogP contribution is -2.04. The van der Waals surface area contributed by atoms with Gasteiger partial charge in [-0.1, -0.05) is 23.9 Å². The highest BCUT2D eigenvalue weighted by atomic mass is 32.2. The molecule has 8 nitrogen and oxygen atoms in total. The number of nitrogens with zero attached hydrogens (tertiary/aromatic N) is 3. The molecule has 0 radical (unpaired) electrons. The van der Waals surface area contributed by atoms with Crippen molar-refractivity contribution < 1.29 is 19.2 Å². The summed E-state index contributed by atoms with van der Waals surface area (Å²) in [5, 5.41) is 21.4. The number of methoxy groups -OCH3 is 2. The minimum Gasteiger partial charge on any atom is -0.497 e. The van der Waals surface area contributed by atoms with Gasteiger partial charge in [0, 0.05) is 28.8 Å². The summed E-state index contributed by atoms with van der Waals surface area (Å²) in [5.41, 5.74) is 3.55. The van der Waals surface area contributed by atoms with E-state index in [-0.39, 0.29) is 17.2 Å². The van der Waals surface area contributed by atoms with Crippen LogP contribution in [0.1, 0.15) is 15.9 Å². The fraction of sp³-hybridized carbons (Fsp3) is 0.107. The lowest BCUT2D eigenvalue weighted by molar-refractivity contribution is -0.384. The van der Waals surface area contributed by atoms with Gasteiger partial charge < -0.3 is 9.47 Å². The molecule has 0 N–H and O–H groups in total. The second-order valence-corrected chi connectivity index (χ2v) is 8.78. The van der Waals surface area contributed by atoms with E-state index in [1.807, 2.05) is 54.6 Å². The fourth-order valence-corrected chi connectivity index (χ4v) is 4.53. The molecular weight excluding hydrogens is 490 g/mol. The van der Waals surface area contributed by atoms with Crippen LogP contribution in [0.3, 0.4) is 0 Å². The third kappa shape index (κ3) is 5.77. The number of aromatic nitrogens is 1. The maximum atomic E-state index is 12.8. The maximum Gasteiger partial charge on any atom is 0.269 e. The van der Waals surface area contributed by atoms with Crippen molar-refractivity contribution in [2.24, 2.45) is 0 Å². The van der Waals surface area contributed by atoms with Crippen LogP contribution < -0.4 is 9.47 Å². The van der Waals surface area contributed by atoms with Gasteiger partial charge in [-0.05, 0) is 60.2 Å². The van der Waals surface area contributed by atoms with E-state index in [4.69, 9.17) is 14.5 Å². The summed E-state index contributed by atoms with van der Waals surface area (Å²) in [7, 11) is 3.17. The molecular formula is C28H21N3O5S. The van der Waals surface area contributed by atoms with Crippen LogP contribution in [0.2, 0.25) is 0 Å². The molecule has 0 saturated carbocycles. The molecule has 4 aromatic rings. The summed E-state index contributed by atoms with van der Waals surface area (Å²) in [6.07, 6.45) is 0. The second kappa shape index (κ2) is 11.4. The molecule has 37 heavy (non-hydrogen) atoms. The zero-order valence-electron chi connectivity index (χ0n) is 20.0. The zero-order valence-corrected chi connectivity index (χ0v) is 20.8. The SMILES string of the molecule is COc1ccc(-c2cc(-c3ccc(OC)cc3)c(C#N)c(SCC(=O)c3ccc([N+](=O)[O-])cc3)n2)cc1. The summed E-state index contributed by atoms with van der Waals surface area (Å²) < 4.78 is 10.5. The van der Waals surface area contributed by atoms with Gasteiger partial charge in [0.25, 0.3) is 5.69 Å². The number of ether oxygens (including phenoxy) is 2. The molecule has 0 unspecified atom stereocenters. The Morgan fingerprint density at radius 2 is 1.51 bits per heavy atom. The number of hydrogen-bond donors (Lipinski definition) is 0. The standard InChI is InChI=1S/C28H21N3O5S/c1-35-22-11-5-18(6-12-22)24-15-26(19-7-13-23(36-2)14-8-19)30-28(25(24)16-29)37-17-27(32)20-3-9-21(10-4-20)31(33)34/h3-15H,17H2,1-2H3. The van der Waals surface area contributed by atoms with E-state index >= 15 is 0 Å². The highest BCUT2D eigenvalue weighted by Gasteiger charge is 2.18. The molecule has 0 bridgehead atoms. The van der Waals surface area contributed by atoms with Crippen molar-refractivity contribution >= 4 is 23.2 Å². The monoisotopic (exact) mass is 511 g/mol. The third-order valence-electron chi connectivity index (χ3n) is 5.62. The van der Waals surface area contributed by atoms with Crippen molar-refractivity contribution in [2.45, 2.75) is 5.03 Å². The molecule has 1 aromatic heterocycles. The topological polar surface area (TPSA) is 115 Å². The summed E-state index contributed by atoms with van der Waals surface area (Å²) in [4.78, 5) is 27.9. The molecule has 0 aliphatic carbocycles. The molecule has 0 fully saturated rings. The molecule has 1 heterocycles. The van der Waals surface area contributed by atoms with Gasteiger partial charge in [-0.25, -0.2) is 4.98 Å². The van der Waals surface area contributed by atoms with Crippen LogP contribution >= 0.6 is 11.8 Å². The van der Waals surface area contributed by atoms with Crippen molar-refractivity contribution in [3.05, 3.63) is 100 Å². The van der Waals surface area contributed by atoms with Crippen LogP contribution in [0.4, 0.5) is 5.69 Å². The molecule has 184 valence electrons. The molecule has 0 spiro atoms. The molecule has 0 aliphatic heterocycles. The van der Waals surface area contributed by atoms with Gasteiger partial charge in [0.05, 0.1) is 36.2 Å². The predicted molar refractivity (Wildman–Crippen MR) is 141 cm³/mol. The van der Waals surface area contributed by atoms with Crippen LogP contribution in [0.5, 0.6) is 11.5 Å². The highest BCUT2D eigenvalue weighted by Crippen LogP contribution is 2.35. The van der Waals surface area contributed by atoms with Crippen molar-refractivity contribution in [1.82, 2.24) is 4.98 Å². The number of thioether (sulfide) groups is 1. The van der Waals surface area contributed by atoms with Crippen LogP contribution in [-0.2, 0) is 0 Å². The van der Waals surface area contributed by atoms with E-state index in [1.165, 1.54) is 24.3 Å². The molecule has 0 atom stereocenters. The Balaban J connectivity index is 1.72. The third-order valence-corrected chi connectivity index (χ3v) is 6.60. The van der Waals surface area contributed by atoms with Gasteiger partial charge in [-0.3, -0.25) is 14.9 Å². The van der Waals surface area contributed by atoms with Gasteiger partial charge in [-0.2, -0.15) is 5.26 Å². The smallest absolute Gasteiger partial charge is 0.269 e. The highest BCUT2D eigenvalue weighted by molar-refractivity contribution is 8.00. The van der Waals surface area contributed by atoms with Gasteiger partial charge in [0.2, 0.25) is 0 Å². The van der Waals surface area contributed by atoms with Crippen LogP contribution in [0, 0.1) is 21.4 Å². The molecule has 0 saturated heterocycles.